The minimum Gasteiger partial charge on any atom is -0.368 e. The first kappa shape index (κ1) is 14.1. The summed E-state index contributed by atoms with van der Waals surface area (Å²) in [6, 6.07) is 13.6. The van der Waals surface area contributed by atoms with Crippen molar-refractivity contribution in [1.82, 2.24) is 4.98 Å². The summed E-state index contributed by atoms with van der Waals surface area (Å²) in [5.41, 5.74) is 3.35. The molecule has 0 spiro atoms. The molecule has 0 saturated carbocycles. The van der Waals surface area contributed by atoms with Gasteiger partial charge in [0, 0.05) is 18.8 Å². The van der Waals surface area contributed by atoms with E-state index in [0.29, 0.717) is 31.0 Å². The van der Waals surface area contributed by atoms with E-state index < -0.39 is 0 Å². The van der Waals surface area contributed by atoms with Crippen LogP contribution in [0.15, 0.2) is 36.4 Å². The van der Waals surface area contributed by atoms with Crippen LogP contribution < -0.4 is 10.2 Å². The van der Waals surface area contributed by atoms with Crippen molar-refractivity contribution in [3.63, 3.8) is 0 Å². The number of fused-ring (bicyclic) bond motifs is 1. The molecule has 0 bridgehead atoms. The molecule has 5 heteroatoms. The number of rotatable bonds is 4. The quantitative estimate of drug-likeness (QED) is 0.938. The smallest absolute Gasteiger partial charge is 0.231 e. The van der Waals surface area contributed by atoms with Crippen LogP contribution in [0.2, 0.25) is 0 Å². The third-order valence-electron chi connectivity index (χ3n) is 3.77. The van der Waals surface area contributed by atoms with Gasteiger partial charge in [0.25, 0.3) is 0 Å². The number of carbonyl (C=O) groups excluding carboxylic acids is 1. The number of pyridine rings is 1. The highest BCUT2D eigenvalue weighted by atomic mass is 16.2. The topological polar surface area (TPSA) is 69.0 Å². The molecular formula is C17H16N4O. The molecule has 2 heterocycles. The van der Waals surface area contributed by atoms with Crippen LogP contribution in [0.1, 0.15) is 16.8 Å². The van der Waals surface area contributed by atoms with Crippen LogP contribution in [-0.2, 0) is 11.2 Å². The molecule has 0 saturated heterocycles. The van der Waals surface area contributed by atoms with E-state index >= 15 is 0 Å². The fraction of sp³-hybridized carbons (Fsp3) is 0.235. The molecule has 0 atom stereocenters. The first-order valence-electron chi connectivity index (χ1n) is 7.19. The summed E-state index contributed by atoms with van der Waals surface area (Å²) in [5, 5.41) is 12.2. The largest absolute Gasteiger partial charge is 0.368 e. The van der Waals surface area contributed by atoms with Gasteiger partial charge >= 0.3 is 0 Å². The Hall–Kier alpha value is -2.87. The Balaban J connectivity index is 1.64. The second-order valence-electron chi connectivity index (χ2n) is 5.25. The number of aryl methyl sites for hydroxylation is 1. The maximum atomic E-state index is 12.1. The number of nitrogens with zero attached hydrogens (tertiary/aromatic N) is 3. The Kier molecular flexibility index (Phi) is 3.75. The van der Waals surface area contributed by atoms with E-state index in [1.807, 2.05) is 43.3 Å². The zero-order chi connectivity index (χ0) is 15.5. The van der Waals surface area contributed by atoms with E-state index in [1.165, 1.54) is 0 Å². The van der Waals surface area contributed by atoms with Crippen LogP contribution in [0.3, 0.4) is 0 Å². The van der Waals surface area contributed by atoms with Crippen LogP contribution >= 0.6 is 0 Å². The third kappa shape index (κ3) is 2.63. The number of para-hydroxylation sites is 1. The average molecular weight is 292 g/mol. The van der Waals surface area contributed by atoms with Gasteiger partial charge in [-0.15, -0.1) is 0 Å². The minimum absolute atomic E-state index is 0.123. The predicted molar refractivity (Wildman–Crippen MR) is 84.7 cm³/mol. The number of carbonyl (C=O) groups is 1. The van der Waals surface area contributed by atoms with Gasteiger partial charge in [-0.05, 0) is 30.2 Å². The lowest BCUT2D eigenvalue weighted by molar-refractivity contribution is -0.117. The number of nitrogens with one attached hydrogen (secondary N) is 1. The molecule has 2 aromatic rings. The molecule has 110 valence electrons. The van der Waals surface area contributed by atoms with E-state index in [-0.39, 0.29) is 5.91 Å². The van der Waals surface area contributed by atoms with Gasteiger partial charge in [-0.1, -0.05) is 24.3 Å². The maximum Gasteiger partial charge on any atom is 0.231 e. The summed E-state index contributed by atoms with van der Waals surface area (Å²) < 4.78 is 0. The van der Waals surface area contributed by atoms with E-state index in [9.17, 15) is 4.79 Å². The highest BCUT2D eigenvalue weighted by molar-refractivity contribution is 6.01. The van der Waals surface area contributed by atoms with Crippen molar-refractivity contribution < 1.29 is 4.79 Å². The number of hydrogen-bond acceptors (Lipinski definition) is 4. The van der Waals surface area contributed by atoms with Gasteiger partial charge < -0.3 is 10.2 Å². The summed E-state index contributed by atoms with van der Waals surface area (Å²) in [6.07, 6.45) is 0.470. The lowest BCUT2D eigenvalue weighted by Gasteiger charge is -2.18. The second kappa shape index (κ2) is 5.86. The summed E-state index contributed by atoms with van der Waals surface area (Å²) in [6.45, 7) is 3.02. The lowest BCUT2D eigenvalue weighted by atomic mass is 10.2. The van der Waals surface area contributed by atoms with E-state index in [1.54, 1.807) is 4.90 Å². The third-order valence-corrected chi connectivity index (χ3v) is 3.77. The first-order chi connectivity index (χ1) is 10.7. The molecule has 0 unspecified atom stereocenters. The molecule has 3 rings (SSSR count). The van der Waals surface area contributed by atoms with Crippen molar-refractivity contribution in [2.75, 3.05) is 23.3 Å². The molecule has 1 aliphatic heterocycles. The summed E-state index contributed by atoms with van der Waals surface area (Å²) in [4.78, 5) is 18.1. The number of nitriles is 1. The number of anilines is 2. The SMILES string of the molecule is Cc1ccc(NCCN2C(=O)Cc3ccccc32)nc1C#N. The van der Waals surface area contributed by atoms with Crippen molar-refractivity contribution in [3.05, 3.63) is 53.2 Å². The fourth-order valence-corrected chi connectivity index (χ4v) is 2.60. The summed E-state index contributed by atoms with van der Waals surface area (Å²) >= 11 is 0. The molecule has 1 N–H and O–H groups in total. The molecule has 5 nitrogen and oxygen atoms in total. The Bertz CT molecular complexity index is 763. The number of benzene rings is 1. The molecule has 0 radical (unpaired) electrons. The minimum atomic E-state index is 0.123. The molecular weight excluding hydrogens is 276 g/mol. The van der Waals surface area contributed by atoms with Crippen molar-refractivity contribution in [2.45, 2.75) is 13.3 Å². The van der Waals surface area contributed by atoms with E-state index in [2.05, 4.69) is 16.4 Å². The first-order valence-corrected chi connectivity index (χ1v) is 7.19. The van der Waals surface area contributed by atoms with Gasteiger partial charge in [0.05, 0.1) is 6.42 Å². The standard InChI is InChI=1S/C17H16N4O/c1-12-6-7-16(20-14(12)11-18)19-8-9-21-15-5-3-2-4-13(15)10-17(21)22/h2-7H,8-10H2,1H3,(H,19,20). The van der Waals surface area contributed by atoms with Gasteiger partial charge in [0.15, 0.2) is 0 Å². The maximum absolute atomic E-state index is 12.1. The van der Waals surface area contributed by atoms with Crippen molar-refractivity contribution >= 4 is 17.4 Å². The van der Waals surface area contributed by atoms with Gasteiger partial charge in [-0.25, -0.2) is 4.98 Å². The predicted octanol–water partition coefficient (Wildman–Crippen LogP) is 2.26. The van der Waals surface area contributed by atoms with Gasteiger partial charge in [-0.2, -0.15) is 5.26 Å². The summed E-state index contributed by atoms with van der Waals surface area (Å²) in [7, 11) is 0. The molecule has 1 amide bonds. The highest BCUT2D eigenvalue weighted by Gasteiger charge is 2.25. The van der Waals surface area contributed by atoms with Gasteiger partial charge in [0.2, 0.25) is 5.91 Å². The monoisotopic (exact) mass is 292 g/mol. The number of hydrogen-bond donors (Lipinski definition) is 1. The van der Waals surface area contributed by atoms with E-state index in [0.717, 1.165) is 16.8 Å². The second-order valence-corrected chi connectivity index (χ2v) is 5.25. The molecule has 0 aliphatic carbocycles. The fourth-order valence-electron chi connectivity index (χ4n) is 2.60. The normalized spacial score (nSPS) is 12.9. The number of aromatic nitrogens is 1. The van der Waals surface area contributed by atoms with Crippen molar-refractivity contribution in [2.24, 2.45) is 0 Å². The number of amides is 1. The van der Waals surface area contributed by atoms with Crippen LogP contribution in [0.5, 0.6) is 0 Å². The zero-order valence-electron chi connectivity index (χ0n) is 12.3. The van der Waals surface area contributed by atoms with Crippen LogP contribution in [0, 0.1) is 18.3 Å². The average Bonchev–Trinajstić information content (AvgIpc) is 2.85. The zero-order valence-corrected chi connectivity index (χ0v) is 12.3. The van der Waals surface area contributed by atoms with Gasteiger partial charge in [-0.3, -0.25) is 4.79 Å². The van der Waals surface area contributed by atoms with Crippen LogP contribution in [-0.4, -0.2) is 24.0 Å². The molecule has 1 aromatic heterocycles. The Labute approximate surface area is 129 Å². The van der Waals surface area contributed by atoms with Gasteiger partial charge in [0.1, 0.15) is 17.6 Å². The van der Waals surface area contributed by atoms with Crippen molar-refractivity contribution in [1.29, 1.82) is 5.26 Å². The molecule has 22 heavy (non-hydrogen) atoms. The van der Waals surface area contributed by atoms with Crippen molar-refractivity contribution in [3.8, 4) is 6.07 Å². The summed E-state index contributed by atoms with van der Waals surface area (Å²) in [5.74, 6) is 0.777. The Morgan fingerprint density at radius 2 is 2.14 bits per heavy atom. The Morgan fingerprint density at radius 3 is 2.95 bits per heavy atom. The van der Waals surface area contributed by atoms with E-state index in [4.69, 9.17) is 5.26 Å². The van der Waals surface area contributed by atoms with Crippen LogP contribution in [0.4, 0.5) is 11.5 Å². The Morgan fingerprint density at radius 1 is 1.32 bits per heavy atom. The molecule has 1 aliphatic rings. The van der Waals surface area contributed by atoms with Crippen LogP contribution in [0.25, 0.3) is 0 Å². The highest BCUT2D eigenvalue weighted by Crippen LogP contribution is 2.27. The molecule has 0 fully saturated rings. The molecule has 1 aromatic carbocycles. The lowest BCUT2D eigenvalue weighted by Crippen LogP contribution is -2.31.